The van der Waals surface area contributed by atoms with Gasteiger partial charge in [0, 0.05) is 6.61 Å². The van der Waals surface area contributed by atoms with Crippen molar-refractivity contribution in [1.29, 1.82) is 0 Å². The standard InChI is InChI=1S/C14H17F3N2O2/c1-9(12-7-4-8-21-12)18-13(20)19-11-6-3-2-5-10(11)14(15,16)17/h2-3,5-6,9,12H,4,7-8H2,1H3,(H2,18,19,20)/t9-,12+/m0/s1. The number of halogens is 3. The van der Waals surface area contributed by atoms with Crippen LogP contribution in [0.2, 0.25) is 0 Å². The number of amides is 2. The average Bonchev–Trinajstić information content (AvgIpc) is 2.91. The van der Waals surface area contributed by atoms with Gasteiger partial charge in [0.15, 0.2) is 0 Å². The number of nitrogens with one attached hydrogen (secondary N) is 2. The molecule has 0 bridgehead atoms. The third-order valence-electron chi connectivity index (χ3n) is 3.36. The molecule has 0 spiro atoms. The first-order chi connectivity index (χ1) is 9.88. The first-order valence-corrected chi connectivity index (χ1v) is 6.73. The van der Waals surface area contributed by atoms with Gasteiger partial charge in [-0.15, -0.1) is 0 Å². The molecule has 2 N–H and O–H groups in total. The number of ether oxygens (including phenoxy) is 1. The van der Waals surface area contributed by atoms with Gasteiger partial charge in [0.2, 0.25) is 0 Å². The number of para-hydroxylation sites is 1. The summed E-state index contributed by atoms with van der Waals surface area (Å²) >= 11 is 0. The zero-order valence-electron chi connectivity index (χ0n) is 11.5. The second-order valence-electron chi connectivity index (χ2n) is 4.98. The lowest BCUT2D eigenvalue weighted by atomic mass is 10.1. The van der Waals surface area contributed by atoms with Crippen LogP contribution in [-0.2, 0) is 10.9 Å². The van der Waals surface area contributed by atoms with Crippen LogP contribution in [0.3, 0.4) is 0 Å². The van der Waals surface area contributed by atoms with E-state index in [2.05, 4.69) is 10.6 Å². The summed E-state index contributed by atoms with van der Waals surface area (Å²) < 4.78 is 43.9. The van der Waals surface area contributed by atoms with Gasteiger partial charge in [0.1, 0.15) is 0 Å². The molecule has 1 fully saturated rings. The molecular weight excluding hydrogens is 285 g/mol. The van der Waals surface area contributed by atoms with Crippen LogP contribution in [0.25, 0.3) is 0 Å². The highest BCUT2D eigenvalue weighted by molar-refractivity contribution is 5.90. The van der Waals surface area contributed by atoms with E-state index < -0.39 is 17.8 Å². The van der Waals surface area contributed by atoms with Gasteiger partial charge >= 0.3 is 12.2 Å². The van der Waals surface area contributed by atoms with Crippen molar-refractivity contribution in [2.24, 2.45) is 0 Å². The Balaban J connectivity index is 1.99. The van der Waals surface area contributed by atoms with Gasteiger partial charge in [-0.2, -0.15) is 13.2 Å². The van der Waals surface area contributed by atoms with Crippen LogP contribution < -0.4 is 10.6 Å². The Morgan fingerprint density at radius 2 is 2.10 bits per heavy atom. The van der Waals surface area contributed by atoms with Crippen molar-refractivity contribution >= 4 is 11.7 Å². The van der Waals surface area contributed by atoms with Crippen LogP contribution in [0.1, 0.15) is 25.3 Å². The first kappa shape index (κ1) is 15.6. The van der Waals surface area contributed by atoms with Crippen LogP contribution in [0.4, 0.5) is 23.7 Å². The van der Waals surface area contributed by atoms with E-state index in [9.17, 15) is 18.0 Å². The van der Waals surface area contributed by atoms with Crippen molar-refractivity contribution in [3.05, 3.63) is 29.8 Å². The topological polar surface area (TPSA) is 50.4 Å². The van der Waals surface area contributed by atoms with E-state index in [1.165, 1.54) is 18.2 Å². The van der Waals surface area contributed by atoms with E-state index in [4.69, 9.17) is 4.74 Å². The average molecular weight is 302 g/mol. The van der Waals surface area contributed by atoms with Crippen LogP contribution in [0, 0.1) is 0 Å². The van der Waals surface area contributed by atoms with Crippen molar-refractivity contribution < 1.29 is 22.7 Å². The molecule has 2 amide bonds. The fourth-order valence-electron chi connectivity index (χ4n) is 2.29. The third kappa shape index (κ3) is 4.10. The summed E-state index contributed by atoms with van der Waals surface area (Å²) in [6.45, 7) is 2.42. The monoisotopic (exact) mass is 302 g/mol. The molecule has 1 aromatic rings. The summed E-state index contributed by atoms with van der Waals surface area (Å²) in [5.41, 5.74) is -1.13. The lowest BCUT2D eigenvalue weighted by molar-refractivity contribution is -0.136. The third-order valence-corrected chi connectivity index (χ3v) is 3.36. The molecule has 1 heterocycles. The van der Waals surface area contributed by atoms with E-state index in [-0.39, 0.29) is 17.8 Å². The van der Waals surface area contributed by atoms with Crippen LogP contribution in [-0.4, -0.2) is 24.8 Å². The Hall–Kier alpha value is -1.76. The Morgan fingerprint density at radius 1 is 1.38 bits per heavy atom. The molecule has 0 aliphatic carbocycles. The lowest BCUT2D eigenvalue weighted by Crippen LogP contribution is -2.43. The predicted molar refractivity (Wildman–Crippen MR) is 72.0 cm³/mol. The van der Waals surface area contributed by atoms with Gasteiger partial charge in [-0.25, -0.2) is 4.79 Å². The quantitative estimate of drug-likeness (QED) is 0.899. The second kappa shape index (κ2) is 6.34. The van der Waals surface area contributed by atoms with Gasteiger partial charge in [-0.1, -0.05) is 12.1 Å². The molecule has 2 atom stereocenters. The van der Waals surface area contributed by atoms with Crippen LogP contribution >= 0.6 is 0 Å². The molecule has 2 rings (SSSR count). The normalized spacial score (nSPS) is 20.1. The molecule has 7 heteroatoms. The van der Waals surface area contributed by atoms with Crippen molar-refractivity contribution in [1.82, 2.24) is 5.32 Å². The molecule has 0 radical (unpaired) electrons. The minimum Gasteiger partial charge on any atom is -0.376 e. The molecule has 1 aliphatic rings. The molecule has 0 unspecified atom stereocenters. The maximum Gasteiger partial charge on any atom is 0.418 e. The Bertz CT molecular complexity index is 499. The number of rotatable bonds is 3. The summed E-state index contributed by atoms with van der Waals surface area (Å²) in [5, 5.41) is 4.85. The van der Waals surface area contributed by atoms with Crippen LogP contribution in [0.15, 0.2) is 24.3 Å². The van der Waals surface area contributed by atoms with Gasteiger partial charge in [0.25, 0.3) is 0 Å². The molecule has 1 aliphatic heterocycles. The fourth-order valence-corrected chi connectivity index (χ4v) is 2.29. The van der Waals surface area contributed by atoms with E-state index >= 15 is 0 Å². The number of carbonyl (C=O) groups is 1. The molecule has 0 aromatic heterocycles. The molecule has 0 saturated carbocycles. The van der Waals surface area contributed by atoms with E-state index in [0.717, 1.165) is 18.9 Å². The number of anilines is 1. The number of hydrogen-bond acceptors (Lipinski definition) is 2. The number of alkyl halides is 3. The maximum absolute atomic E-state index is 12.8. The molecule has 116 valence electrons. The highest BCUT2D eigenvalue weighted by Gasteiger charge is 2.33. The van der Waals surface area contributed by atoms with Crippen molar-refractivity contribution in [2.75, 3.05) is 11.9 Å². The van der Waals surface area contributed by atoms with Gasteiger partial charge in [0.05, 0.1) is 23.4 Å². The van der Waals surface area contributed by atoms with Crippen molar-refractivity contribution in [3.63, 3.8) is 0 Å². The summed E-state index contributed by atoms with van der Waals surface area (Å²) in [6, 6.07) is 3.94. The summed E-state index contributed by atoms with van der Waals surface area (Å²) in [7, 11) is 0. The Labute approximate surface area is 120 Å². The summed E-state index contributed by atoms with van der Waals surface area (Å²) in [6.07, 6.45) is -2.84. The van der Waals surface area contributed by atoms with E-state index in [1.54, 1.807) is 6.92 Å². The zero-order chi connectivity index (χ0) is 15.5. The minimum atomic E-state index is -4.51. The van der Waals surface area contributed by atoms with Crippen molar-refractivity contribution in [2.45, 2.75) is 38.1 Å². The van der Waals surface area contributed by atoms with E-state index in [0.29, 0.717) is 6.61 Å². The zero-order valence-corrected chi connectivity index (χ0v) is 11.5. The van der Waals surface area contributed by atoms with Crippen LogP contribution in [0.5, 0.6) is 0 Å². The molecule has 1 saturated heterocycles. The van der Waals surface area contributed by atoms with Crippen molar-refractivity contribution in [3.8, 4) is 0 Å². The molecular formula is C14H17F3N2O2. The summed E-state index contributed by atoms with van der Waals surface area (Å²) in [5.74, 6) is 0. The SMILES string of the molecule is C[C@H](NC(=O)Nc1ccccc1C(F)(F)F)[C@H]1CCCO1. The van der Waals surface area contributed by atoms with Gasteiger partial charge in [-0.05, 0) is 31.9 Å². The number of hydrogen-bond donors (Lipinski definition) is 2. The number of carbonyl (C=O) groups excluding carboxylic acids is 1. The predicted octanol–water partition coefficient (Wildman–Crippen LogP) is 3.39. The molecule has 1 aromatic carbocycles. The Kier molecular flexibility index (Phi) is 4.72. The molecule has 21 heavy (non-hydrogen) atoms. The summed E-state index contributed by atoms with van der Waals surface area (Å²) in [4.78, 5) is 11.8. The number of benzene rings is 1. The fraction of sp³-hybridized carbons (Fsp3) is 0.500. The highest BCUT2D eigenvalue weighted by Crippen LogP contribution is 2.34. The first-order valence-electron chi connectivity index (χ1n) is 6.73. The lowest BCUT2D eigenvalue weighted by Gasteiger charge is -2.21. The minimum absolute atomic E-state index is 0.0893. The highest BCUT2D eigenvalue weighted by atomic mass is 19.4. The molecule has 4 nitrogen and oxygen atoms in total. The van der Waals surface area contributed by atoms with E-state index in [1.807, 2.05) is 0 Å². The largest absolute Gasteiger partial charge is 0.418 e. The maximum atomic E-state index is 12.8. The van der Waals surface area contributed by atoms with Gasteiger partial charge in [-0.3, -0.25) is 0 Å². The van der Waals surface area contributed by atoms with Gasteiger partial charge < -0.3 is 15.4 Å². The number of urea groups is 1. The second-order valence-corrected chi connectivity index (χ2v) is 4.98. The Morgan fingerprint density at radius 3 is 2.71 bits per heavy atom. The smallest absolute Gasteiger partial charge is 0.376 e.